The predicted molar refractivity (Wildman–Crippen MR) is 103 cm³/mol. The predicted octanol–water partition coefficient (Wildman–Crippen LogP) is 6.13. The van der Waals surface area contributed by atoms with E-state index in [2.05, 4.69) is 25.3 Å². The van der Waals surface area contributed by atoms with Gasteiger partial charge in [-0.25, -0.2) is 4.98 Å². The van der Waals surface area contributed by atoms with E-state index >= 15 is 0 Å². The summed E-state index contributed by atoms with van der Waals surface area (Å²) in [6, 6.07) is 12.0. The molecule has 0 spiro atoms. The van der Waals surface area contributed by atoms with Crippen LogP contribution in [-0.4, -0.2) is 23.4 Å². The molecule has 0 aliphatic rings. The van der Waals surface area contributed by atoms with Crippen LogP contribution in [0.4, 0.5) is 30.6 Å². The summed E-state index contributed by atoms with van der Waals surface area (Å²) in [6.45, 7) is 0. The average Bonchev–Trinajstić information content (AvgIpc) is 2.63. The first kappa shape index (κ1) is 20.0. The Labute approximate surface area is 168 Å². The molecule has 0 saturated heterocycles. The molecule has 28 heavy (non-hydrogen) atoms. The lowest BCUT2D eigenvalue weighted by molar-refractivity contribution is -0.274. The molecule has 0 aliphatic carbocycles. The smallest absolute Gasteiger partial charge is 0.406 e. The van der Waals surface area contributed by atoms with Crippen LogP contribution in [0.5, 0.6) is 5.75 Å². The molecule has 0 unspecified atom stereocenters. The van der Waals surface area contributed by atoms with E-state index in [0.717, 1.165) is 0 Å². The lowest BCUT2D eigenvalue weighted by Crippen LogP contribution is -2.17. The maximum Gasteiger partial charge on any atom is 0.573 e. The number of nitrogens with one attached hydrogen (secondary N) is 2. The van der Waals surface area contributed by atoms with Gasteiger partial charge in [0.05, 0.1) is 16.4 Å². The van der Waals surface area contributed by atoms with E-state index in [1.807, 2.05) is 0 Å². The third-order valence-electron chi connectivity index (χ3n) is 3.50. The van der Waals surface area contributed by atoms with Gasteiger partial charge in [0.25, 0.3) is 0 Å². The number of aromatic nitrogens is 2. The normalized spacial score (nSPS) is 11.2. The van der Waals surface area contributed by atoms with Crippen LogP contribution in [0.2, 0.25) is 10.0 Å². The van der Waals surface area contributed by atoms with Gasteiger partial charge in [0.1, 0.15) is 11.6 Å². The molecule has 0 amide bonds. The lowest BCUT2D eigenvalue weighted by Gasteiger charge is -2.13. The largest absolute Gasteiger partial charge is 0.573 e. The Morgan fingerprint density at radius 3 is 2.50 bits per heavy atom. The van der Waals surface area contributed by atoms with Gasteiger partial charge in [0.2, 0.25) is 5.95 Å². The Kier molecular flexibility index (Phi) is 5.81. The van der Waals surface area contributed by atoms with E-state index < -0.39 is 6.36 Å². The second-order valence-corrected chi connectivity index (χ2v) is 6.38. The van der Waals surface area contributed by atoms with Gasteiger partial charge in [-0.1, -0.05) is 35.3 Å². The van der Waals surface area contributed by atoms with Crippen LogP contribution in [0.3, 0.4) is 0 Å². The van der Waals surface area contributed by atoms with Crippen molar-refractivity contribution in [3.63, 3.8) is 0 Å². The minimum Gasteiger partial charge on any atom is -0.406 e. The summed E-state index contributed by atoms with van der Waals surface area (Å²) in [5.74, 6) is 0.294. The van der Waals surface area contributed by atoms with Gasteiger partial charge in [-0.15, -0.1) is 13.2 Å². The van der Waals surface area contributed by atoms with E-state index in [4.69, 9.17) is 23.2 Å². The zero-order valence-corrected chi connectivity index (χ0v) is 15.8. The number of rotatable bonds is 5. The number of alkyl halides is 3. The Morgan fingerprint density at radius 1 is 1.00 bits per heavy atom. The molecule has 0 atom stereocenters. The molecule has 1 heterocycles. The summed E-state index contributed by atoms with van der Waals surface area (Å²) < 4.78 is 41.4. The van der Waals surface area contributed by atoms with Gasteiger partial charge in [0, 0.05) is 23.7 Å². The molecule has 0 aliphatic heterocycles. The number of hydrogen-bond donors (Lipinski definition) is 2. The zero-order chi connectivity index (χ0) is 20.3. The molecule has 0 radical (unpaired) electrons. The number of hydrogen-bond acceptors (Lipinski definition) is 5. The summed E-state index contributed by atoms with van der Waals surface area (Å²) in [7, 11) is 1.62. The molecule has 5 nitrogen and oxygen atoms in total. The molecule has 0 fully saturated rings. The average molecular weight is 429 g/mol. The van der Waals surface area contributed by atoms with Crippen molar-refractivity contribution in [1.29, 1.82) is 0 Å². The Balaban J connectivity index is 1.97. The Hall–Kier alpha value is -2.71. The Morgan fingerprint density at radius 2 is 1.79 bits per heavy atom. The van der Waals surface area contributed by atoms with Crippen LogP contribution >= 0.6 is 23.2 Å². The van der Waals surface area contributed by atoms with Crippen LogP contribution in [-0.2, 0) is 0 Å². The molecule has 10 heteroatoms. The van der Waals surface area contributed by atoms with Crippen molar-refractivity contribution >= 4 is 40.7 Å². The first-order valence-electron chi connectivity index (χ1n) is 7.88. The lowest BCUT2D eigenvalue weighted by atomic mass is 10.1. The third-order valence-corrected chi connectivity index (χ3v) is 4.07. The fourth-order valence-electron chi connectivity index (χ4n) is 2.35. The van der Waals surface area contributed by atoms with Crippen molar-refractivity contribution in [2.75, 3.05) is 17.7 Å². The van der Waals surface area contributed by atoms with Gasteiger partial charge < -0.3 is 15.4 Å². The van der Waals surface area contributed by atoms with Crippen LogP contribution in [0.25, 0.3) is 11.3 Å². The fraction of sp³-hybridized carbons (Fsp3) is 0.111. The quantitative estimate of drug-likeness (QED) is 0.511. The van der Waals surface area contributed by atoms with Crippen molar-refractivity contribution in [1.82, 2.24) is 9.97 Å². The number of ether oxygens (including phenoxy) is 1. The van der Waals surface area contributed by atoms with E-state index in [0.29, 0.717) is 32.8 Å². The third kappa shape index (κ3) is 5.17. The number of nitrogens with zero attached hydrogens (tertiary/aromatic N) is 2. The van der Waals surface area contributed by atoms with Gasteiger partial charge >= 0.3 is 6.36 Å². The minimum atomic E-state index is -4.78. The van der Waals surface area contributed by atoms with E-state index in [1.165, 1.54) is 18.2 Å². The topological polar surface area (TPSA) is 59.1 Å². The highest BCUT2D eigenvalue weighted by molar-refractivity contribution is 6.35. The molecule has 1 aromatic heterocycles. The maximum absolute atomic E-state index is 12.5. The molecule has 3 aromatic rings. The monoisotopic (exact) mass is 428 g/mol. The maximum atomic E-state index is 12.5. The van der Waals surface area contributed by atoms with Gasteiger partial charge in [-0.05, 0) is 30.3 Å². The molecule has 2 aromatic carbocycles. The fourth-order valence-corrected chi connectivity index (χ4v) is 2.69. The number of anilines is 3. The highest BCUT2D eigenvalue weighted by atomic mass is 35.5. The zero-order valence-electron chi connectivity index (χ0n) is 14.3. The summed E-state index contributed by atoms with van der Waals surface area (Å²) in [5.41, 5.74) is 1.32. The highest BCUT2D eigenvalue weighted by Crippen LogP contribution is 2.31. The molecule has 2 N–H and O–H groups in total. The molecular formula is C18H13Cl2F3N4O. The minimum absolute atomic E-state index is 0.264. The first-order chi connectivity index (χ1) is 13.2. The molecule has 146 valence electrons. The summed E-state index contributed by atoms with van der Waals surface area (Å²) in [6.07, 6.45) is -4.78. The van der Waals surface area contributed by atoms with Crippen molar-refractivity contribution in [3.8, 4) is 17.0 Å². The van der Waals surface area contributed by atoms with Gasteiger partial charge in [-0.2, -0.15) is 4.98 Å². The second kappa shape index (κ2) is 8.12. The molecular weight excluding hydrogens is 416 g/mol. The van der Waals surface area contributed by atoms with Crippen LogP contribution < -0.4 is 15.4 Å². The van der Waals surface area contributed by atoms with Gasteiger partial charge in [0.15, 0.2) is 0 Å². The van der Waals surface area contributed by atoms with E-state index in [-0.39, 0.29) is 11.7 Å². The molecule has 0 bridgehead atoms. The molecule has 3 rings (SSSR count). The standard InChI is InChI=1S/C18H13Cl2F3N4O/c1-24-17-26-14(10-3-2-4-12(7-10)28-18(21,22)23)9-16(27-17)25-15-8-11(19)5-6-13(15)20/h2-9H,1H3,(H2,24,25,26,27). The highest BCUT2D eigenvalue weighted by Gasteiger charge is 2.31. The summed E-state index contributed by atoms with van der Waals surface area (Å²) in [4.78, 5) is 8.56. The van der Waals surface area contributed by atoms with Crippen LogP contribution in [0.1, 0.15) is 0 Å². The molecule has 0 saturated carbocycles. The summed E-state index contributed by atoms with van der Waals surface area (Å²) >= 11 is 12.1. The van der Waals surface area contributed by atoms with Crippen molar-refractivity contribution in [3.05, 3.63) is 58.6 Å². The van der Waals surface area contributed by atoms with E-state index in [9.17, 15) is 13.2 Å². The van der Waals surface area contributed by atoms with Crippen LogP contribution in [0.15, 0.2) is 48.5 Å². The van der Waals surface area contributed by atoms with Crippen molar-refractivity contribution < 1.29 is 17.9 Å². The SMILES string of the molecule is CNc1nc(Nc2cc(Cl)ccc2Cl)cc(-c2cccc(OC(F)(F)F)c2)n1. The number of benzene rings is 2. The summed E-state index contributed by atoms with van der Waals surface area (Å²) in [5, 5.41) is 6.75. The first-order valence-corrected chi connectivity index (χ1v) is 8.64. The number of halogens is 5. The van der Waals surface area contributed by atoms with Crippen molar-refractivity contribution in [2.24, 2.45) is 0 Å². The second-order valence-electron chi connectivity index (χ2n) is 5.54. The Bertz CT molecular complexity index is 999. The van der Waals surface area contributed by atoms with Crippen molar-refractivity contribution in [2.45, 2.75) is 6.36 Å². The van der Waals surface area contributed by atoms with E-state index in [1.54, 1.807) is 37.4 Å². The van der Waals surface area contributed by atoms with Crippen LogP contribution in [0, 0.1) is 0 Å². The van der Waals surface area contributed by atoms with Gasteiger partial charge in [-0.3, -0.25) is 0 Å².